The van der Waals surface area contributed by atoms with E-state index in [1.165, 1.54) is 0 Å². The molecule has 6 N–H and O–H groups in total. The van der Waals surface area contributed by atoms with Crippen LogP contribution in [0.2, 0.25) is 0 Å². The molecule has 2 saturated carbocycles. The number of aliphatic hydroxyl groups is 2. The Hall–Kier alpha value is -4.81. The van der Waals surface area contributed by atoms with Gasteiger partial charge in [0.05, 0.1) is 19.3 Å². The van der Waals surface area contributed by atoms with Gasteiger partial charge in [0.2, 0.25) is 0 Å². The van der Waals surface area contributed by atoms with E-state index in [9.17, 15) is 19.5 Å². The van der Waals surface area contributed by atoms with Crippen LogP contribution >= 0.6 is 0 Å². The minimum absolute atomic E-state index is 0.0640. The number of rotatable bonds is 16. The van der Waals surface area contributed by atoms with E-state index in [1.54, 1.807) is 12.4 Å². The monoisotopic (exact) mass is 676 g/mol. The van der Waals surface area contributed by atoms with Gasteiger partial charge in [-0.1, -0.05) is 24.3 Å². The SMILES string of the molecule is Cc1c(NC(=O)c2cc(C3CC3)c(CNCCO)cn2)cccc1-c1cccc(NC(=O)c2cc(C3CC3)c(CN[C@H](C=O)CO)cn2)c1C. The molecule has 50 heavy (non-hydrogen) atoms. The smallest absolute Gasteiger partial charge is 0.274 e. The molecule has 0 bridgehead atoms. The lowest BCUT2D eigenvalue weighted by Gasteiger charge is -2.17. The molecule has 4 aromatic rings. The number of pyridine rings is 2. The van der Waals surface area contributed by atoms with Crippen molar-refractivity contribution in [1.29, 1.82) is 0 Å². The van der Waals surface area contributed by atoms with Gasteiger partial charge < -0.3 is 36.3 Å². The summed E-state index contributed by atoms with van der Waals surface area (Å²) in [6, 6.07) is 14.6. The Labute approximate surface area is 292 Å². The van der Waals surface area contributed by atoms with Crippen molar-refractivity contribution in [2.45, 2.75) is 70.5 Å². The second kappa shape index (κ2) is 15.8. The number of aromatic nitrogens is 2. The van der Waals surface area contributed by atoms with Crippen LogP contribution in [0.4, 0.5) is 11.4 Å². The van der Waals surface area contributed by atoms with Crippen molar-refractivity contribution in [3.8, 4) is 11.1 Å². The van der Waals surface area contributed by atoms with Crippen molar-refractivity contribution in [2.24, 2.45) is 0 Å². The van der Waals surface area contributed by atoms with Crippen molar-refractivity contribution in [3.05, 3.63) is 106 Å². The van der Waals surface area contributed by atoms with Crippen LogP contribution in [0.3, 0.4) is 0 Å². The minimum Gasteiger partial charge on any atom is -0.395 e. The molecular weight excluding hydrogens is 632 g/mol. The fourth-order valence-electron chi connectivity index (χ4n) is 6.29. The van der Waals surface area contributed by atoms with Crippen LogP contribution in [-0.4, -0.2) is 64.1 Å². The molecule has 2 aromatic heterocycles. The third kappa shape index (κ3) is 8.14. The first-order chi connectivity index (χ1) is 24.3. The Kier molecular flexibility index (Phi) is 11.1. The van der Waals surface area contributed by atoms with Crippen LogP contribution in [0.25, 0.3) is 11.1 Å². The average molecular weight is 677 g/mol. The standard InChI is InChI=1S/C39H44N6O5/c1-23-30(5-3-7-34(23)44-38(49)36-15-32(25-9-10-25)27(19-42-36)17-40-13-14-46)31-6-4-8-35(24(31)2)45-39(50)37-16-33(26-11-12-26)28(20-43-37)18-41-29(21-47)22-48/h3-8,15-16,19-21,25-26,29,40-41,46,48H,9-14,17-18,22H2,1-2H3,(H,44,49)(H,45,50)/t29-/m1/s1. The number of amides is 2. The first-order valence-electron chi connectivity index (χ1n) is 17.2. The quantitative estimate of drug-likeness (QED) is 0.0726. The Bertz CT molecular complexity index is 1890. The molecule has 1 atom stereocenters. The highest BCUT2D eigenvalue weighted by molar-refractivity contribution is 6.05. The predicted octanol–water partition coefficient (Wildman–Crippen LogP) is 4.75. The average Bonchev–Trinajstić information content (AvgIpc) is 4.06. The van der Waals surface area contributed by atoms with Crippen molar-refractivity contribution < 1.29 is 24.6 Å². The topological polar surface area (TPSA) is 166 Å². The lowest BCUT2D eigenvalue weighted by atomic mass is 9.94. The Morgan fingerprint density at radius 1 is 0.800 bits per heavy atom. The van der Waals surface area contributed by atoms with E-state index in [-0.39, 0.29) is 25.0 Å². The second-order valence-electron chi connectivity index (χ2n) is 13.2. The normalized spacial score (nSPS) is 14.6. The van der Waals surface area contributed by atoms with Gasteiger partial charge in [0.15, 0.2) is 0 Å². The van der Waals surface area contributed by atoms with Gasteiger partial charge >= 0.3 is 0 Å². The molecule has 2 aromatic carbocycles. The van der Waals surface area contributed by atoms with Gasteiger partial charge in [0.25, 0.3) is 11.8 Å². The number of hydrogen-bond donors (Lipinski definition) is 6. The molecule has 0 radical (unpaired) electrons. The predicted molar refractivity (Wildman–Crippen MR) is 192 cm³/mol. The molecular formula is C39H44N6O5. The van der Waals surface area contributed by atoms with Gasteiger partial charge in [-0.2, -0.15) is 0 Å². The lowest BCUT2D eigenvalue weighted by molar-refractivity contribution is -0.110. The fraction of sp³-hybridized carbons (Fsp3) is 0.359. The zero-order chi connectivity index (χ0) is 35.2. The van der Waals surface area contributed by atoms with Gasteiger partial charge in [-0.05, 0) is 120 Å². The molecule has 260 valence electrons. The summed E-state index contributed by atoms with van der Waals surface area (Å²) in [6.45, 7) is 5.17. The van der Waals surface area contributed by atoms with Gasteiger partial charge in [-0.15, -0.1) is 0 Å². The van der Waals surface area contributed by atoms with Crippen molar-refractivity contribution in [1.82, 2.24) is 20.6 Å². The van der Waals surface area contributed by atoms with E-state index in [4.69, 9.17) is 5.11 Å². The third-order valence-corrected chi connectivity index (χ3v) is 9.52. The first kappa shape index (κ1) is 35.0. The van der Waals surface area contributed by atoms with Crippen LogP contribution in [-0.2, 0) is 17.9 Å². The Morgan fingerprint density at radius 2 is 1.30 bits per heavy atom. The molecule has 0 spiro atoms. The zero-order valence-corrected chi connectivity index (χ0v) is 28.5. The largest absolute Gasteiger partial charge is 0.395 e. The molecule has 11 nitrogen and oxygen atoms in total. The number of carbonyl (C=O) groups is 3. The maximum Gasteiger partial charge on any atom is 0.274 e. The van der Waals surface area contributed by atoms with E-state index < -0.39 is 6.04 Å². The van der Waals surface area contributed by atoms with E-state index in [1.807, 2.05) is 62.4 Å². The summed E-state index contributed by atoms with van der Waals surface area (Å²) in [4.78, 5) is 47.0. The molecule has 2 aliphatic rings. The highest BCUT2D eigenvalue weighted by Gasteiger charge is 2.29. The summed E-state index contributed by atoms with van der Waals surface area (Å²) in [5.74, 6) is 0.181. The van der Waals surface area contributed by atoms with Gasteiger partial charge in [-0.25, -0.2) is 0 Å². The molecule has 0 unspecified atom stereocenters. The summed E-state index contributed by atoms with van der Waals surface area (Å²) in [5, 5.41) is 30.8. The second-order valence-corrected chi connectivity index (χ2v) is 13.2. The van der Waals surface area contributed by atoms with Gasteiger partial charge in [0.1, 0.15) is 17.7 Å². The van der Waals surface area contributed by atoms with Gasteiger partial charge in [0, 0.05) is 43.4 Å². The lowest BCUT2D eigenvalue weighted by Crippen LogP contribution is -2.33. The van der Waals surface area contributed by atoms with Crippen LogP contribution in [0.1, 0.15) is 91.9 Å². The highest BCUT2D eigenvalue weighted by atomic mass is 16.3. The summed E-state index contributed by atoms with van der Waals surface area (Å²) >= 11 is 0. The van der Waals surface area contributed by atoms with Crippen LogP contribution < -0.4 is 21.3 Å². The van der Waals surface area contributed by atoms with Crippen LogP contribution in [0.15, 0.2) is 60.9 Å². The van der Waals surface area contributed by atoms with Crippen LogP contribution in [0.5, 0.6) is 0 Å². The first-order valence-corrected chi connectivity index (χ1v) is 17.2. The number of anilines is 2. The molecule has 2 fully saturated rings. The van der Waals surface area contributed by atoms with E-state index in [0.717, 1.165) is 70.2 Å². The maximum absolute atomic E-state index is 13.5. The molecule has 11 heteroatoms. The summed E-state index contributed by atoms with van der Waals surface area (Å²) in [7, 11) is 0. The van der Waals surface area contributed by atoms with Crippen molar-refractivity contribution in [3.63, 3.8) is 0 Å². The summed E-state index contributed by atoms with van der Waals surface area (Å²) < 4.78 is 0. The molecule has 0 aliphatic heterocycles. The van der Waals surface area contributed by atoms with E-state index >= 15 is 0 Å². The Morgan fingerprint density at radius 3 is 1.74 bits per heavy atom. The van der Waals surface area contributed by atoms with E-state index in [2.05, 4.69) is 31.2 Å². The number of aliphatic hydroxyl groups excluding tert-OH is 2. The number of hydrogen-bond acceptors (Lipinski definition) is 9. The van der Waals surface area contributed by atoms with E-state index in [0.29, 0.717) is 60.5 Å². The number of carbonyl (C=O) groups excluding carboxylic acids is 3. The molecule has 6 rings (SSSR count). The van der Waals surface area contributed by atoms with Crippen molar-refractivity contribution in [2.75, 3.05) is 30.4 Å². The van der Waals surface area contributed by atoms with Gasteiger partial charge in [-0.3, -0.25) is 19.6 Å². The molecule has 2 amide bonds. The summed E-state index contributed by atoms with van der Waals surface area (Å²) in [5.41, 5.74) is 9.74. The third-order valence-electron chi connectivity index (χ3n) is 9.52. The highest BCUT2D eigenvalue weighted by Crippen LogP contribution is 2.43. The Balaban J connectivity index is 1.18. The zero-order valence-electron chi connectivity index (χ0n) is 28.5. The molecule has 0 saturated heterocycles. The van der Waals surface area contributed by atoms with Crippen molar-refractivity contribution >= 4 is 29.5 Å². The van der Waals surface area contributed by atoms with Crippen LogP contribution in [0, 0.1) is 13.8 Å². The number of aldehydes is 1. The number of benzene rings is 2. The maximum atomic E-state index is 13.5. The minimum atomic E-state index is -0.651. The number of nitrogens with one attached hydrogen (secondary N) is 4. The number of nitrogens with zero attached hydrogens (tertiary/aromatic N) is 2. The fourth-order valence-corrected chi connectivity index (χ4v) is 6.29. The molecule has 2 heterocycles. The summed E-state index contributed by atoms with van der Waals surface area (Å²) in [6.07, 6.45) is 8.36. The molecule has 2 aliphatic carbocycles.